The largest absolute Gasteiger partial charge is 0.376 e. The highest BCUT2D eigenvalue weighted by molar-refractivity contribution is 5.94. The third kappa shape index (κ3) is 2.85. The third-order valence-electron chi connectivity index (χ3n) is 4.55. The van der Waals surface area contributed by atoms with Crippen LogP contribution in [-0.4, -0.2) is 30.1 Å². The Bertz CT molecular complexity index is 509. The average Bonchev–Trinajstić information content (AvgIpc) is 3.34. The lowest BCUT2D eigenvalue weighted by Gasteiger charge is -2.28. The summed E-state index contributed by atoms with van der Waals surface area (Å²) in [6.07, 6.45) is 6.52. The number of aromatic nitrogens is 1. The van der Waals surface area contributed by atoms with Crippen molar-refractivity contribution in [2.75, 3.05) is 13.7 Å². The summed E-state index contributed by atoms with van der Waals surface area (Å²) in [5, 5.41) is 3.01. The first-order valence-electron chi connectivity index (χ1n) is 7.42. The van der Waals surface area contributed by atoms with Gasteiger partial charge >= 0.3 is 0 Å². The number of carbonyl (C=O) groups is 1. The lowest BCUT2D eigenvalue weighted by atomic mass is 10.00. The molecule has 1 aromatic heterocycles. The molecule has 1 amide bonds. The normalized spacial score (nSPS) is 21.3. The highest BCUT2D eigenvalue weighted by atomic mass is 16.5. The fourth-order valence-electron chi connectivity index (χ4n) is 2.63. The number of carbonyl (C=O) groups excluding carboxylic acids is 1. The van der Waals surface area contributed by atoms with Gasteiger partial charge in [-0.1, -0.05) is 0 Å². The van der Waals surface area contributed by atoms with E-state index < -0.39 is 0 Å². The summed E-state index contributed by atoms with van der Waals surface area (Å²) in [6, 6.07) is 3.71. The van der Waals surface area contributed by atoms with Gasteiger partial charge in [0.25, 0.3) is 5.91 Å². The minimum atomic E-state index is -0.234. The van der Waals surface area contributed by atoms with Crippen molar-refractivity contribution < 1.29 is 9.53 Å². The molecule has 108 valence electrons. The zero-order chi connectivity index (χ0) is 14.2. The number of methoxy groups -OCH3 is 1. The molecule has 1 N–H and O–H groups in total. The molecule has 1 unspecified atom stereocenters. The first-order valence-corrected chi connectivity index (χ1v) is 7.42. The second kappa shape index (κ2) is 5.17. The minimum Gasteiger partial charge on any atom is -0.376 e. The van der Waals surface area contributed by atoms with E-state index in [4.69, 9.17) is 4.74 Å². The number of ether oxygens (including phenoxy) is 1. The van der Waals surface area contributed by atoms with Gasteiger partial charge in [0, 0.05) is 37.0 Å². The van der Waals surface area contributed by atoms with E-state index in [2.05, 4.69) is 17.2 Å². The van der Waals surface area contributed by atoms with Crippen LogP contribution in [0.4, 0.5) is 0 Å². The summed E-state index contributed by atoms with van der Waals surface area (Å²) in [5.74, 6) is 1.11. The van der Waals surface area contributed by atoms with Crippen LogP contribution < -0.4 is 5.32 Å². The maximum atomic E-state index is 12.3. The van der Waals surface area contributed by atoms with Gasteiger partial charge in [-0.15, -0.1) is 0 Å². The Morgan fingerprint density at radius 1 is 1.45 bits per heavy atom. The van der Waals surface area contributed by atoms with Crippen LogP contribution in [0, 0.1) is 5.92 Å². The molecule has 2 saturated carbocycles. The van der Waals surface area contributed by atoms with Crippen LogP contribution in [0.1, 0.15) is 54.6 Å². The summed E-state index contributed by atoms with van der Waals surface area (Å²) in [7, 11) is 1.72. The summed E-state index contributed by atoms with van der Waals surface area (Å²) in [5.41, 5.74) is 1.52. The third-order valence-corrected chi connectivity index (χ3v) is 4.55. The Hall–Kier alpha value is -1.42. The molecular formula is C16H22N2O2. The summed E-state index contributed by atoms with van der Waals surface area (Å²) >= 11 is 0. The smallest absolute Gasteiger partial charge is 0.251 e. The second-order valence-electron chi connectivity index (χ2n) is 6.22. The predicted molar refractivity (Wildman–Crippen MR) is 76.7 cm³/mol. The van der Waals surface area contributed by atoms with Crippen LogP contribution >= 0.6 is 0 Å². The topological polar surface area (TPSA) is 51.2 Å². The zero-order valence-electron chi connectivity index (χ0n) is 12.2. The molecule has 20 heavy (non-hydrogen) atoms. The molecule has 2 aliphatic carbocycles. The molecule has 2 fully saturated rings. The van der Waals surface area contributed by atoms with Gasteiger partial charge < -0.3 is 10.1 Å². The van der Waals surface area contributed by atoms with Crippen molar-refractivity contribution in [1.82, 2.24) is 10.3 Å². The summed E-state index contributed by atoms with van der Waals surface area (Å²) in [6.45, 7) is 2.64. The van der Waals surface area contributed by atoms with Gasteiger partial charge in [0.15, 0.2) is 0 Å². The molecule has 2 aliphatic rings. The van der Waals surface area contributed by atoms with Crippen molar-refractivity contribution in [3.8, 4) is 0 Å². The number of hydrogen-bond donors (Lipinski definition) is 1. The maximum Gasteiger partial charge on any atom is 0.251 e. The van der Waals surface area contributed by atoms with Crippen molar-refractivity contribution in [1.29, 1.82) is 0 Å². The van der Waals surface area contributed by atoms with E-state index in [1.54, 1.807) is 19.4 Å². The number of nitrogens with one attached hydrogen (secondary N) is 1. The molecule has 0 radical (unpaired) electrons. The molecule has 3 rings (SSSR count). The first kappa shape index (κ1) is 13.6. The van der Waals surface area contributed by atoms with E-state index in [1.807, 2.05) is 6.07 Å². The maximum absolute atomic E-state index is 12.3. The fraction of sp³-hybridized carbons (Fsp3) is 0.625. The number of amides is 1. The van der Waals surface area contributed by atoms with Gasteiger partial charge in [-0.3, -0.25) is 9.78 Å². The van der Waals surface area contributed by atoms with Crippen molar-refractivity contribution in [2.24, 2.45) is 5.92 Å². The lowest BCUT2D eigenvalue weighted by molar-refractivity contribution is -0.0112. The predicted octanol–water partition coefficient (Wildman–Crippen LogP) is 2.50. The highest BCUT2D eigenvalue weighted by Gasteiger charge is 2.41. The quantitative estimate of drug-likeness (QED) is 0.867. The Balaban J connectivity index is 1.62. The standard InChI is InChI=1S/C16H22N2O2/c1-16(20-2,13-5-6-13)10-18-15(19)12-7-8-17-14(9-12)11-3-4-11/h7-9,11,13H,3-6,10H2,1-2H3,(H,18,19). The highest BCUT2D eigenvalue weighted by Crippen LogP contribution is 2.41. The monoisotopic (exact) mass is 274 g/mol. The number of pyridine rings is 1. The number of rotatable bonds is 6. The number of hydrogen-bond acceptors (Lipinski definition) is 3. The average molecular weight is 274 g/mol. The van der Waals surface area contributed by atoms with E-state index in [0.717, 1.165) is 5.69 Å². The van der Waals surface area contributed by atoms with Gasteiger partial charge in [0.2, 0.25) is 0 Å². The van der Waals surface area contributed by atoms with Gasteiger partial charge in [-0.05, 0) is 50.7 Å². The second-order valence-corrected chi connectivity index (χ2v) is 6.22. The fourth-order valence-corrected chi connectivity index (χ4v) is 2.63. The van der Waals surface area contributed by atoms with Crippen molar-refractivity contribution in [3.05, 3.63) is 29.6 Å². The summed E-state index contributed by atoms with van der Waals surface area (Å²) in [4.78, 5) is 16.6. The lowest BCUT2D eigenvalue weighted by Crippen LogP contribution is -2.43. The zero-order valence-corrected chi connectivity index (χ0v) is 12.2. The van der Waals surface area contributed by atoms with Gasteiger partial charge in [-0.25, -0.2) is 0 Å². The van der Waals surface area contributed by atoms with Gasteiger partial charge in [0.1, 0.15) is 0 Å². The molecule has 1 atom stereocenters. The molecule has 1 aromatic rings. The van der Waals surface area contributed by atoms with E-state index in [-0.39, 0.29) is 11.5 Å². The van der Waals surface area contributed by atoms with Gasteiger partial charge in [-0.2, -0.15) is 0 Å². The molecule has 0 saturated heterocycles. The Kier molecular flexibility index (Phi) is 3.50. The van der Waals surface area contributed by atoms with Crippen LogP contribution in [-0.2, 0) is 4.74 Å². The molecule has 1 heterocycles. The van der Waals surface area contributed by atoms with Crippen LogP contribution in [0.3, 0.4) is 0 Å². The van der Waals surface area contributed by atoms with Crippen LogP contribution in [0.2, 0.25) is 0 Å². The van der Waals surface area contributed by atoms with Gasteiger partial charge in [0.05, 0.1) is 5.60 Å². The molecule has 4 heteroatoms. The molecule has 0 spiro atoms. The van der Waals surface area contributed by atoms with E-state index >= 15 is 0 Å². The first-order chi connectivity index (χ1) is 9.62. The van der Waals surface area contributed by atoms with E-state index in [9.17, 15) is 4.79 Å². The van der Waals surface area contributed by atoms with Crippen molar-refractivity contribution in [3.63, 3.8) is 0 Å². The van der Waals surface area contributed by atoms with E-state index in [0.29, 0.717) is 23.9 Å². The Morgan fingerprint density at radius 2 is 2.20 bits per heavy atom. The number of nitrogens with zero attached hydrogens (tertiary/aromatic N) is 1. The van der Waals surface area contributed by atoms with Crippen molar-refractivity contribution >= 4 is 5.91 Å². The molecule has 4 nitrogen and oxygen atoms in total. The molecule has 0 aliphatic heterocycles. The van der Waals surface area contributed by atoms with Crippen molar-refractivity contribution in [2.45, 2.75) is 44.1 Å². The van der Waals surface area contributed by atoms with Crippen LogP contribution in [0.25, 0.3) is 0 Å². The summed E-state index contributed by atoms with van der Waals surface area (Å²) < 4.78 is 5.59. The van der Waals surface area contributed by atoms with Crippen LogP contribution in [0.15, 0.2) is 18.3 Å². The Labute approximate surface area is 119 Å². The van der Waals surface area contributed by atoms with E-state index in [1.165, 1.54) is 25.7 Å². The molecular weight excluding hydrogens is 252 g/mol. The molecule has 0 bridgehead atoms. The van der Waals surface area contributed by atoms with Crippen LogP contribution in [0.5, 0.6) is 0 Å². The SMILES string of the molecule is COC(C)(CNC(=O)c1ccnc(C2CC2)c1)C1CC1. The Morgan fingerprint density at radius 3 is 2.80 bits per heavy atom. The molecule has 0 aromatic carbocycles. The minimum absolute atomic E-state index is 0.0294.